The minimum absolute atomic E-state index is 0.214. The number of rotatable bonds is 7. The Bertz CT molecular complexity index is 388. The minimum atomic E-state index is 0.214. The molecule has 0 radical (unpaired) electrons. The summed E-state index contributed by atoms with van der Waals surface area (Å²) in [6.45, 7) is 8.09. The van der Waals surface area contributed by atoms with Crippen molar-refractivity contribution in [3.05, 3.63) is 29.8 Å². The molecule has 1 fully saturated rings. The van der Waals surface area contributed by atoms with Crippen LogP contribution in [0.25, 0.3) is 0 Å². The van der Waals surface area contributed by atoms with E-state index in [0.29, 0.717) is 6.54 Å². The van der Waals surface area contributed by atoms with Crippen molar-refractivity contribution >= 4 is 0 Å². The van der Waals surface area contributed by atoms with Crippen molar-refractivity contribution in [2.24, 2.45) is 17.6 Å². The van der Waals surface area contributed by atoms with E-state index in [1.54, 1.807) is 0 Å². The number of nitrogens with one attached hydrogen (secondary N) is 1. The molecule has 0 bridgehead atoms. The molecule has 1 saturated carbocycles. The van der Waals surface area contributed by atoms with E-state index in [1.807, 2.05) is 26.0 Å². The smallest absolute Gasteiger partial charge is 0.119 e. The van der Waals surface area contributed by atoms with Crippen LogP contribution < -0.4 is 15.8 Å². The topological polar surface area (TPSA) is 47.3 Å². The first-order chi connectivity index (χ1) is 9.10. The summed E-state index contributed by atoms with van der Waals surface area (Å²) in [5.41, 5.74) is 7.11. The van der Waals surface area contributed by atoms with Crippen LogP contribution in [0.5, 0.6) is 5.75 Å². The first-order valence-electron chi connectivity index (χ1n) is 7.30. The molecular weight excluding hydrogens is 236 g/mol. The molecule has 0 heterocycles. The molecular formula is C16H26N2O. The summed E-state index contributed by atoms with van der Waals surface area (Å²) >= 11 is 0. The standard InChI is InChI=1S/C16H26N2O/c1-11(2)19-15-6-4-13(5-7-15)16(9-17)18-10-14-8-12(14)3/h4-7,11-12,14,16,18H,8-10,17H2,1-3H3. The predicted octanol–water partition coefficient (Wildman–Crippen LogP) is 2.72. The van der Waals surface area contributed by atoms with Crippen molar-refractivity contribution in [2.45, 2.75) is 39.3 Å². The van der Waals surface area contributed by atoms with E-state index in [2.05, 4.69) is 24.4 Å². The van der Waals surface area contributed by atoms with Gasteiger partial charge in [-0.15, -0.1) is 0 Å². The largest absolute Gasteiger partial charge is 0.491 e. The average Bonchev–Trinajstić information content (AvgIpc) is 3.07. The monoisotopic (exact) mass is 262 g/mol. The van der Waals surface area contributed by atoms with Crippen LogP contribution in [0.1, 0.15) is 38.8 Å². The molecule has 3 unspecified atom stereocenters. The number of nitrogens with two attached hydrogens (primary N) is 1. The summed E-state index contributed by atoms with van der Waals surface area (Å²) in [4.78, 5) is 0. The lowest BCUT2D eigenvalue weighted by Gasteiger charge is -2.18. The Morgan fingerprint density at radius 2 is 1.95 bits per heavy atom. The van der Waals surface area contributed by atoms with Crippen molar-refractivity contribution in [3.8, 4) is 5.75 Å². The molecule has 1 aromatic rings. The summed E-state index contributed by atoms with van der Waals surface area (Å²) in [5.74, 6) is 2.65. The SMILES string of the molecule is CC(C)Oc1ccc(C(CN)NCC2CC2C)cc1. The predicted molar refractivity (Wildman–Crippen MR) is 79.3 cm³/mol. The fraction of sp³-hybridized carbons (Fsp3) is 0.625. The molecule has 3 nitrogen and oxygen atoms in total. The minimum Gasteiger partial charge on any atom is -0.491 e. The zero-order valence-corrected chi connectivity index (χ0v) is 12.2. The first-order valence-corrected chi connectivity index (χ1v) is 7.30. The van der Waals surface area contributed by atoms with Gasteiger partial charge in [0.15, 0.2) is 0 Å². The van der Waals surface area contributed by atoms with E-state index in [1.165, 1.54) is 12.0 Å². The number of hydrogen-bond acceptors (Lipinski definition) is 3. The molecule has 1 aliphatic rings. The van der Waals surface area contributed by atoms with Gasteiger partial charge in [0.05, 0.1) is 6.10 Å². The maximum Gasteiger partial charge on any atom is 0.119 e. The normalized spacial score (nSPS) is 23.4. The van der Waals surface area contributed by atoms with E-state index >= 15 is 0 Å². The molecule has 3 atom stereocenters. The summed E-state index contributed by atoms with van der Waals surface area (Å²) in [7, 11) is 0. The van der Waals surface area contributed by atoms with Gasteiger partial charge in [0, 0.05) is 12.6 Å². The lowest BCUT2D eigenvalue weighted by Crippen LogP contribution is -2.30. The molecule has 1 aromatic carbocycles. The molecule has 3 heteroatoms. The highest BCUT2D eigenvalue weighted by Gasteiger charge is 2.32. The van der Waals surface area contributed by atoms with Crippen LogP contribution in [0, 0.1) is 11.8 Å². The van der Waals surface area contributed by atoms with Crippen LogP contribution in [0.2, 0.25) is 0 Å². The van der Waals surface area contributed by atoms with Crippen LogP contribution in [0.15, 0.2) is 24.3 Å². The maximum atomic E-state index is 5.87. The second-order valence-corrected chi connectivity index (χ2v) is 5.91. The van der Waals surface area contributed by atoms with E-state index in [0.717, 1.165) is 24.1 Å². The maximum absolute atomic E-state index is 5.87. The summed E-state index contributed by atoms with van der Waals surface area (Å²) < 4.78 is 5.65. The third kappa shape index (κ3) is 4.22. The van der Waals surface area contributed by atoms with E-state index in [9.17, 15) is 0 Å². The summed E-state index contributed by atoms with van der Waals surface area (Å²) in [6, 6.07) is 8.52. The van der Waals surface area contributed by atoms with Gasteiger partial charge in [-0.2, -0.15) is 0 Å². The van der Waals surface area contributed by atoms with Crippen LogP contribution in [-0.4, -0.2) is 19.2 Å². The zero-order valence-electron chi connectivity index (χ0n) is 12.2. The Hall–Kier alpha value is -1.06. The van der Waals surface area contributed by atoms with Crippen LogP contribution >= 0.6 is 0 Å². The van der Waals surface area contributed by atoms with Crippen molar-refractivity contribution in [3.63, 3.8) is 0 Å². The third-order valence-electron chi connectivity index (χ3n) is 3.79. The van der Waals surface area contributed by atoms with Crippen molar-refractivity contribution in [1.82, 2.24) is 5.32 Å². The van der Waals surface area contributed by atoms with Crippen LogP contribution in [0.4, 0.5) is 0 Å². The van der Waals surface area contributed by atoms with Crippen molar-refractivity contribution < 1.29 is 4.74 Å². The zero-order chi connectivity index (χ0) is 13.8. The van der Waals surface area contributed by atoms with Gasteiger partial charge in [0.2, 0.25) is 0 Å². The molecule has 1 aliphatic carbocycles. The molecule has 0 spiro atoms. The van der Waals surface area contributed by atoms with Crippen molar-refractivity contribution in [2.75, 3.05) is 13.1 Å². The number of benzene rings is 1. The fourth-order valence-electron chi connectivity index (χ4n) is 2.37. The van der Waals surface area contributed by atoms with Crippen LogP contribution in [0.3, 0.4) is 0 Å². The third-order valence-corrected chi connectivity index (χ3v) is 3.79. The van der Waals surface area contributed by atoms with E-state index in [4.69, 9.17) is 10.5 Å². The van der Waals surface area contributed by atoms with Gasteiger partial charge < -0.3 is 15.8 Å². The molecule has 0 aromatic heterocycles. The second-order valence-electron chi connectivity index (χ2n) is 5.91. The van der Waals surface area contributed by atoms with E-state index in [-0.39, 0.29) is 12.1 Å². The lowest BCUT2D eigenvalue weighted by atomic mass is 10.1. The molecule has 19 heavy (non-hydrogen) atoms. The Balaban J connectivity index is 1.90. The summed E-state index contributed by atoms with van der Waals surface area (Å²) in [5, 5.41) is 3.57. The Labute approximate surface area is 116 Å². The van der Waals surface area contributed by atoms with Gasteiger partial charge >= 0.3 is 0 Å². The van der Waals surface area contributed by atoms with Gasteiger partial charge in [-0.05, 0) is 56.3 Å². The number of hydrogen-bond donors (Lipinski definition) is 2. The Kier molecular flexibility index (Phi) is 4.83. The first kappa shape index (κ1) is 14.4. The highest BCUT2D eigenvalue weighted by atomic mass is 16.5. The van der Waals surface area contributed by atoms with Gasteiger partial charge in [0.25, 0.3) is 0 Å². The van der Waals surface area contributed by atoms with Gasteiger partial charge in [-0.3, -0.25) is 0 Å². The molecule has 106 valence electrons. The van der Waals surface area contributed by atoms with Crippen molar-refractivity contribution in [1.29, 1.82) is 0 Å². The lowest BCUT2D eigenvalue weighted by molar-refractivity contribution is 0.242. The van der Waals surface area contributed by atoms with Gasteiger partial charge in [0.1, 0.15) is 5.75 Å². The highest BCUT2D eigenvalue weighted by molar-refractivity contribution is 5.29. The molecule has 0 aliphatic heterocycles. The van der Waals surface area contributed by atoms with Crippen LogP contribution in [-0.2, 0) is 0 Å². The molecule has 3 N–H and O–H groups in total. The average molecular weight is 262 g/mol. The Morgan fingerprint density at radius 1 is 1.32 bits per heavy atom. The Morgan fingerprint density at radius 3 is 2.42 bits per heavy atom. The molecule has 2 rings (SSSR count). The van der Waals surface area contributed by atoms with E-state index < -0.39 is 0 Å². The van der Waals surface area contributed by atoms with Gasteiger partial charge in [-0.25, -0.2) is 0 Å². The highest BCUT2D eigenvalue weighted by Crippen LogP contribution is 2.37. The second kappa shape index (κ2) is 6.40. The molecule has 0 saturated heterocycles. The molecule has 0 amide bonds. The van der Waals surface area contributed by atoms with Gasteiger partial charge in [-0.1, -0.05) is 19.1 Å². The quantitative estimate of drug-likeness (QED) is 0.794. The summed E-state index contributed by atoms with van der Waals surface area (Å²) in [6.07, 6.45) is 1.57. The fourth-order valence-corrected chi connectivity index (χ4v) is 2.37. The number of ether oxygens (including phenoxy) is 1.